The van der Waals surface area contributed by atoms with Crippen LogP contribution < -0.4 is 10.9 Å². The second kappa shape index (κ2) is 6.44. The van der Waals surface area contributed by atoms with E-state index in [-0.39, 0.29) is 24.0 Å². The van der Waals surface area contributed by atoms with Crippen molar-refractivity contribution >= 4 is 23.2 Å². The van der Waals surface area contributed by atoms with Crippen molar-refractivity contribution in [2.24, 2.45) is 0 Å². The molecule has 2 amide bonds. The summed E-state index contributed by atoms with van der Waals surface area (Å²) in [5.74, 6) is -0.752. The lowest BCUT2D eigenvalue weighted by Gasteiger charge is -2.17. The summed E-state index contributed by atoms with van der Waals surface area (Å²) in [5.41, 5.74) is 7.00. The zero-order valence-electron chi connectivity index (χ0n) is 13.1. The highest BCUT2D eigenvalue weighted by Crippen LogP contribution is 2.22. The fourth-order valence-corrected chi connectivity index (χ4v) is 2.47. The quantitative estimate of drug-likeness (QED) is 0.476. The number of anilines is 1. The van der Waals surface area contributed by atoms with E-state index in [9.17, 15) is 19.7 Å². The third-order valence-corrected chi connectivity index (χ3v) is 3.67. The van der Waals surface area contributed by atoms with Crippen molar-refractivity contribution in [1.82, 2.24) is 10.3 Å². The Balaban J connectivity index is 1.62. The van der Waals surface area contributed by atoms with Gasteiger partial charge in [-0.3, -0.25) is 24.6 Å². The van der Waals surface area contributed by atoms with Gasteiger partial charge in [-0.25, -0.2) is 0 Å². The van der Waals surface area contributed by atoms with E-state index in [0.717, 1.165) is 4.90 Å². The van der Waals surface area contributed by atoms with Crippen LogP contribution in [-0.2, 0) is 0 Å². The fraction of sp³-hybridized carbons (Fsp3) is 0.0588. The number of fused-ring (bicyclic) bond motifs is 1. The molecule has 0 radical (unpaired) electrons. The first-order valence-electron chi connectivity index (χ1n) is 7.37. The number of amides is 2. The number of nitrogens with zero attached hydrogens (tertiary/aromatic N) is 2. The molecule has 126 valence electrons. The van der Waals surface area contributed by atoms with Gasteiger partial charge in [0, 0.05) is 17.8 Å². The molecule has 0 bridgehead atoms. The Labute approximate surface area is 142 Å². The Kier molecular flexibility index (Phi) is 4.17. The molecule has 8 nitrogen and oxygen atoms in total. The number of hydrogen-bond acceptors (Lipinski definition) is 6. The Morgan fingerprint density at radius 1 is 1.08 bits per heavy atom. The number of rotatable bonds is 6. The molecule has 0 saturated carbocycles. The van der Waals surface area contributed by atoms with Crippen LogP contribution in [0, 0.1) is 10.1 Å². The standard InChI is InChI=1S/C17H14N4O4/c1-11(18-19-12-5-4-6-13(9-12)21(24)25)10-20-16(22)14-7-2-3-8-15(14)17(20)23/h2-9,18-19H,1,10H2. The number of imide groups is 1. The van der Waals surface area contributed by atoms with E-state index in [4.69, 9.17) is 0 Å². The molecule has 1 aliphatic heterocycles. The van der Waals surface area contributed by atoms with Crippen LogP contribution in [0.3, 0.4) is 0 Å². The Bertz CT molecular complexity index is 859. The topological polar surface area (TPSA) is 105 Å². The zero-order chi connectivity index (χ0) is 18.0. The van der Waals surface area contributed by atoms with Gasteiger partial charge >= 0.3 is 0 Å². The average Bonchev–Trinajstić information content (AvgIpc) is 2.85. The van der Waals surface area contributed by atoms with Crippen LogP contribution in [-0.4, -0.2) is 28.2 Å². The number of carbonyl (C=O) groups excluding carboxylic acids is 2. The van der Waals surface area contributed by atoms with Crippen molar-refractivity contribution in [3.63, 3.8) is 0 Å². The van der Waals surface area contributed by atoms with E-state index < -0.39 is 4.92 Å². The van der Waals surface area contributed by atoms with Crippen LogP contribution in [0.25, 0.3) is 0 Å². The van der Waals surface area contributed by atoms with Crippen molar-refractivity contribution in [3.8, 4) is 0 Å². The normalized spacial score (nSPS) is 12.7. The molecule has 0 unspecified atom stereocenters. The predicted octanol–water partition coefficient (Wildman–Crippen LogP) is 2.32. The van der Waals surface area contributed by atoms with Gasteiger partial charge in [0.25, 0.3) is 17.5 Å². The van der Waals surface area contributed by atoms with Crippen LogP contribution in [0.2, 0.25) is 0 Å². The monoisotopic (exact) mass is 338 g/mol. The number of hydrazine groups is 1. The lowest BCUT2D eigenvalue weighted by Crippen LogP contribution is -2.36. The molecule has 0 aromatic heterocycles. The highest BCUT2D eigenvalue weighted by molar-refractivity contribution is 6.21. The highest BCUT2D eigenvalue weighted by Gasteiger charge is 2.35. The molecular weight excluding hydrogens is 324 g/mol. The largest absolute Gasteiger partial charge is 0.304 e. The first kappa shape index (κ1) is 16.2. The summed E-state index contributed by atoms with van der Waals surface area (Å²) in [5, 5.41) is 10.8. The Morgan fingerprint density at radius 2 is 1.72 bits per heavy atom. The molecule has 25 heavy (non-hydrogen) atoms. The molecule has 0 aliphatic carbocycles. The molecule has 2 N–H and O–H groups in total. The lowest BCUT2D eigenvalue weighted by atomic mass is 10.1. The molecule has 8 heteroatoms. The molecule has 0 saturated heterocycles. The van der Waals surface area contributed by atoms with E-state index in [1.807, 2.05) is 0 Å². The van der Waals surface area contributed by atoms with E-state index in [1.54, 1.807) is 30.3 Å². The van der Waals surface area contributed by atoms with Gasteiger partial charge in [0.1, 0.15) is 0 Å². The van der Waals surface area contributed by atoms with Crippen LogP contribution >= 0.6 is 0 Å². The molecule has 0 fully saturated rings. The average molecular weight is 338 g/mol. The van der Waals surface area contributed by atoms with E-state index in [1.165, 1.54) is 18.2 Å². The Morgan fingerprint density at radius 3 is 2.32 bits per heavy atom. The maximum atomic E-state index is 12.3. The van der Waals surface area contributed by atoms with Crippen molar-refractivity contribution in [3.05, 3.63) is 82.0 Å². The second-order valence-electron chi connectivity index (χ2n) is 5.40. The summed E-state index contributed by atoms with van der Waals surface area (Å²) in [6, 6.07) is 12.5. The maximum Gasteiger partial charge on any atom is 0.271 e. The van der Waals surface area contributed by atoms with Gasteiger partial charge < -0.3 is 10.9 Å². The van der Waals surface area contributed by atoms with Gasteiger partial charge in [0.05, 0.1) is 28.3 Å². The fourth-order valence-electron chi connectivity index (χ4n) is 2.47. The molecule has 2 aromatic carbocycles. The van der Waals surface area contributed by atoms with Crippen LogP contribution in [0.5, 0.6) is 0 Å². The minimum Gasteiger partial charge on any atom is -0.304 e. The summed E-state index contributed by atoms with van der Waals surface area (Å²) in [4.78, 5) is 35.9. The first-order chi connectivity index (χ1) is 12.0. The van der Waals surface area contributed by atoms with Gasteiger partial charge in [-0.1, -0.05) is 24.8 Å². The van der Waals surface area contributed by atoms with E-state index in [0.29, 0.717) is 22.5 Å². The summed E-state index contributed by atoms with van der Waals surface area (Å²) in [7, 11) is 0. The van der Waals surface area contributed by atoms with Gasteiger partial charge in [-0.05, 0) is 18.2 Å². The number of nitro groups is 1. The molecule has 1 aliphatic rings. The Hall–Kier alpha value is -3.68. The summed E-state index contributed by atoms with van der Waals surface area (Å²) in [6.45, 7) is 3.75. The van der Waals surface area contributed by atoms with Gasteiger partial charge in [-0.15, -0.1) is 0 Å². The number of non-ortho nitro benzene ring substituents is 1. The lowest BCUT2D eigenvalue weighted by molar-refractivity contribution is -0.384. The molecule has 1 heterocycles. The summed E-state index contributed by atoms with van der Waals surface area (Å²) < 4.78 is 0. The summed E-state index contributed by atoms with van der Waals surface area (Å²) >= 11 is 0. The van der Waals surface area contributed by atoms with Crippen LogP contribution in [0.1, 0.15) is 20.7 Å². The second-order valence-corrected chi connectivity index (χ2v) is 5.40. The molecule has 0 atom stereocenters. The number of hydrogen-bond donors (Lipinski definition) is 2. The number of carbonyl (C=O) groups is 2. The minimum atomic E-state index is -0.501. The van der Waals surface area contributed by atoms with Gasteiger partial charge in [-0.2, -0.15) is 0 Å². The van der Waals surface area contributed by atoms with Crippen molar-refractivity contribution in [2.75, 3.05) is 12.0 Å². The molecule has 2 aromatic rings. The number of nitro benzene ring substituents is 1. The maximum absolute atomic E-state index is 12.3. The number of nitrogens with one attached hydrogen (secondary N) is 2. The smallest absolute Gasteiger partial charge is 0.271 e. The van der Waals surface area contributed by atoms with Gasteiger partial charge in [0.2, 0.25) is 0 Å². The minimum absolute atomic E-state index is 0.0196. The van der Waals surface area contributed by atoms with Crippen LogP contribution in [0.4, 0.5) is 11.4 Å². The SMILES string of the molecule is C=C(CN1C(=O)c2ccccc2C1=O)NNc1cccc([N+](=O)[O-])c1. The zero-order valence-corrected chi connectivity index (χ0v) is 13.1. The van der Waals surface area contributed by atoms with Crippen molar-refractivity contribution in [1.29, 1.82) is 0 Å². The predicted molar refractivity (Wildman–Crippen MR) is 90.8 cm³/mol. The van der Waals surface area contributed by atoms with E-state index >= 15 is 0 Å². The third kappa shape index (κ3) is 3.18. The van der Waals surface area contributed by atoms with Crippen LogP contribution in [0.15, 0.2) is 60.8 Å². The summed E-state index contributed by atoms with van der Waals surface area (Å²) in [6.07, 6.45) is 0. The molecule has 0 spiro atoms. The van der Waals surface area contributed by atoms with Gasteiger partial charge in [0.15, 0.2) is 0 Å². The third-order valence-electron chi connectivity index (χ3n) is 3.67. The molecular formula is C17H14N4O4. The molecule has 3 rings (SSSR count). The van der Waals surface area contributed by atoms with Crippen molar-refractivity contribution in [2.45, 2.75) is 0 Å². The van der Waals surface area contributed by atoms with E-state index in [2.05, 4.69) is 17.4 Å². The first-order valence-corrected chi connectivity index (χ1v) is 7.37. The van der Waals surface area contributed by atoms with Crippen molar-refractivity contribution < 1.29 is 14.5 Å². The number of benzene rings is 2. The highest BCUT2D eigenvalue weighted by atomic mass is 16.6.